The highest BCUT2D eigenvalue weighted by Crippen LogP contribution is 2.30. The molecule has 0 spiro atoms. The van der Waals surface area contributed by atoms with Gasteiger partial charge in [-0.25, -0.2) is 0 Å². The lowest BCUT2D eigenvalue weighted by Crippen LogP contribution is -2.54. The summed E-state index contributed by atoms with van der Waals surface area (Å²) in [6.45, 7) is 6.39. The average Bonchev–Trinajstić information content (AvgIpc) is 2.55. The molecule has 0 bridgehead atoms. The van der Waals surface area contributed by atoms with Gasteiger partial charge in [0, 0.05) is 38.8 Å². The second-order valence-corrected chi connectivity index (χ2v) is 6.74. The van der Waals surface area contributed by atoms with Crippen molar-refractivity contribution >= 4 is 17.3 Å². The minimum absolute atomic E-state index is 0.679. The van der Waals surface area contributed by atoms with E-state index < -0.39 is 0 Å². The first kappa shape index (κ1) is 15.6. The van der Waals surface area contributed by atoms with Gasteiger partial charge in [-0.15, -0.1) is 0 Å². The van der Waals surface area contributed by atoms with Gasteiger partial charge in [-0.2, -0.15) is 5.26 Å². The quantitative estimate of drug-likeness (QED) is 0.838. The van der Waals surface area contributed by atoms with Crippen molar-refractivity contribution in [3.05, 3.63) is 28.8 Å². The number of rotatable bonds is 2. The van der Waals surface area contributed by atoms with Crippen molar-refractivity contribution in [1.82, 2.24) is 9.80 Å². The third-order valence-electron chi connectivity index (χ3n) is 4.85. The van der Waals surface area contributed by atoms with Gasteiger partial charge in [0.05, 0.1) is 16.3 Å². The van der Waals surface area contributed by atoms with Crippen molar-refractivity contribution in [3.63, 3.8) is 0 Å². The van der Waals surface area contributed by atoms with Crippen LogP contribution in [-0.2, 0) is 0 Å². The Balaban J connectivity index is 1.66. The van der Waals surface area contributed by atoms with Gasteiger partial charge in [-0.05, 0) is 38.6 Å². The standard InChI is InChI=1S/C17H23ClN4/c1-20-7-3-5-15(13-20)21-8-10-22(11-9-21)17-14(12-19)4-2-6-16(17)18/h2,4,6,15H,3,5,7-11,13H2,1H3/t15-/m0/s1. The first-order chi connectivity index (χ1) is 10.7. The Bertz CT molecular complexity index is 560. The fraction of sp³-hybridized carbons (Fsp3) is 0.588. The van der Waals surface area contributed by atoms with Crippen LogP contribution in [0.5, 0.6) is 0 Å². The summed E-state index contributed by atoms with van der Waals surface area (Å²) >= 11 is 6.33. The highest BCUT2D eigenvalue weighted by Gasteiger charge is 2.28. The third-order valence-corrected chi connectivity index (χ3v) is 5.16. The predicted molar refractivity (Wildman–Crippen MR) is 90.5 cm³/mol. The molecule has 2 fully saturated rings. The van der Waals surface area contributed by atoms with Crippen LogP contribution in [0.15, 0.2) is 18.2 Å². The van der Waals surface area contributed by atoms with Crippen LogP contribution in [0.25, 0.3) is 0 Å². The van der Waals surface area contributed by atoms with Gasteiger partial charge in [0.1, 0.15) is 6.07 Å². The van der Waals surface area contributed by atoms with Gasteiger partial charge in [-0.1, -0.05) is 17.7 Å². The Labute approximate surface area is 137 Å². The molecule has 118 valence electrons. The van der Waals surface area contributed by atoms with Gasteiger partial charge in [-0.3, -0.25) is 4.90 Å². The summed E-state index contributed by atoms with van der Waals surface area (Å²) in [5.41, 5.74) is 1.59. The number of benzene rings is 1. The molecule has 1 atom stereocenters. The molecule has 4 nitrogen and oxygen atoms in total. The van der Waals surface area contributed by atoms with E-state index in [4.69, 9.17) is 11.6 Å². The normalized spacial score (nSPS) is 24.2. The molecule has 0 radical (unpaired) electrons. The van der Waals surface area contributed by atoms with Crippen molar-refractivity contribution < 1.29 is 0 Å². The SMILES string of the molecule is CN1CCC[C@H](N2CCN(c3c(Cl)cccc3C#N)CC2)C1. The molecule has 0 N–H and O–H groups in total. The Morgan fingerprint density at radius 2 is 1.95 bits per heavy atom. The molecule has 0 aromatic heterocycles. The molecule has 1 aromatic carbocycles. The molecule has 2 aliphatic heterocycles. The van der Waals surface area contributed by atoms with E-state index in [1.807, 2.05) is 18.2 Å². The second kappa shape index (κ2) is 6.87. The van der Waals surface area contributed by atoms with E-state index in [-0.39, 0.29) is 0 Å². The molecule has 2 saturated heterocycles. The Morgan fingerprint density at radius 1 is 1.18 bits per heavy atom. The van der Waals surface area contributed by atoms with Gasteiger partial charge < -0.3 is 9.80 Å². The summed E-state index contributed by atoms with van der Waals surface area (Å²) in [5.74, 6) is 0. The summed E-state index contributed by atoms with van der Waals surface area (Å²) in [4.78, 5) is 7.31. The first-order valence-corrected chi connectivity index (χ1v) is 8.43. The highest BCUT2D eigenvalue weighted by atomic mass is 35.5. The number of halogens is 1. The molecule has 3 rings (SSSR count). The minimum Gasteiger partial charge on any atom is -0.367 e. The van der Waals surface area contributed by atoms with Crippen molar-refractivity contribution in [1.29, 1.82) is 5.26 Å². The summed E-state index contributed by atoms with van der Waals surface area (Å²) in [6, 6.07) is 8.52. The molecule has 22 heavy (non-hydrogen) atoms. The van der Waals surface area contributed by atoms with E-state index >= 15 is 0 Å². The number of piperazine rings is 1. The number of piperidine rings is 1. The van der Waals surface area contributed by atoms with Gasteiger partial charge in [0.25, 0.3) is 0 Å². The van der Waals surface area contributed by atoms with Crippen LogP contribution in [0.4, 0.5) is 5.69 Å². The molecule has 5 heteroatoms. The predicted octanol–water partition coefficient (Wildman–Crippen LogP) is 2.43. The number of nitriles is 1. The highest BCUT2D eigenvalue weighted by molar-refractivity contribution is 6.33. The van der Waals surface area contributed by atoms with E-state index in [1.165, 1.54) is 25.9 Å². The van der Waals surface area contributed by atoms with Crippen LogP contribution in [0.2, 0.25) is 5.02 Å². The van der Waals surface area contributed by atoms with E-state index in [0.717, 1.165) is 31.9 Å². The molecular formula is C17H23ClN4. The maximum absolute atomic E-state index is 9.31. The van der Waals surface area contributed by atoms with E-state index in [1.54, 1.807) is 0 Å². The number of anilines is 1. The van der Waals surface area contributed by atoms with Crippen LogP contribution in [0.1, 0.15) is 18.4 Å². The molecular weight excluding hydrogens is 296 g/mol. The monoisotopic (exact) mass is 318 g/mol. The van der Waals surface area contributed by atoms with Crippen LogP contribution >= 0.6 is 11.6 Å². The zero-order chi connectivity index (χ0) is 15.5. The summed E-state index contributed by atoms with van der Waals surface area (Å²) in [6.07, 6.45) is 2.60. The Kier molecular flexibility index (Phi) is 4.87. The van der Waals surface area contributed by atoms with Crippen molar-refractivity contribution in [3.8, 4) is 6.07 Å². The minimum atomic E-state index is 0.679. The third kappa shape index (κ3) is 3.22. The number of nitrogens with zero attached hydrogens (tertiary/aromatic N) is 4. The lowest BCUT2D eigenvalue weighted by atomic mass is 10.0. The van der Waals surface area contributed by atoms with E-state index in [9.17, 15) is 5.26 Å². The first-order valence-electron chi connectivity index (χ1n) is 8.05. The van der Waals surface area contributed by atoms with Crippen LogP contribution < -0.4 is 4.90 Å². The maximum atomic E-state index is 9.31. The maximum Gasteiger partial charge on any atom is 0.101 e. The molecule has 0 amide bonds. The van der Waals surface area contributed by atoms with Crippen molar-refractivity contribution in [2.45, 2.75) is 18.9 Å². The van der Waals surface area contributed by atoms with Crippen LogP contribution in [0, 0.1) is 11.3 Å². The smallest absolute Gasteiger partial charge is 0.101 e. The summed E-state index contributed by atoms with van der Waals surface area (Å²) in [5, 5.41) is 9.99. The van der Waals surface area contributed by atoms with E-state index in [2.05, 4.69) is 27.8 Å². The van der Waals surface area contributed by atoms with Crippen molar-refractivity contribution in [2.75, 3.05) is 51.2 Å². The number of para-hydroxylation sites is 1. The molecule has 0 unspecified atom stereocenters. The Morgan fingerprint density at radius 3 is 2.64 bits per heavy atom. The topological polar surface area (TPSA) is 33.5 Å². The molecule has 0 aliphatic carbocycles. The molecule has 0 saturated carbocycles. The average molecular weight is 319 g/mol. The zero-order valence-corrected chi connectivity index (χ0v) is 13.9. The van der Waals surface area contributed by atoms with E-state index in [0.29, 0.717) is 16.6 Å². The van der Waals surface area contributed by atoms with Crippen LogP contribution in [0.3, 0.4) is 0 Å². The number of hydrogen-bond donors (Lipinski definition) is 0. The van der Waals surface area contributed by atoms with Crippen molar-refractivity contribution in [2.24, 2.45) is 0 Å². The largest absolute Gasteiger partial charge is 0.367 e. The van der Waals surface area contributed by atoms with Gasteiger partial charge in [0.2, 0.25) is 0 Å². The fourth-order valence-electron chi connectivity index (χ4n) is 3.67. The number of likely N-dealkylation sites (tertiary alicyclic amines) is 1. The zero-order valence-electron chi connectivity index (χ0n) is 13.1. The summed E-state index contributed by atoms with van der Waals surface area (Å²) in [7, 11) is 2.21. The fourth-order valence-corrected chi connectivity index (χ4v) is 3.97. The molecule has 1 aromatic rings. The van der Waals surface area contributed by atoms with Crippen LogP contribution in [-0.4, -0.2) is 62.2 Å². The van der Waals surface area contributed by atoms with Gasteiger partial charge >= 0.3 is 0 Å². The summed E-state index contributed by atoms with van der Waals surface area (Å²) < 4.78 is 0. The Hall–Kier alpha value is -1.28. The lowest BCUT2D eigenvalue weighted by Gasteiger charge is -2.43. The number of hydrogen-bond acceptors (Lipinski definition) is 4. The molecule has 2 heterocycles. The number of likely N-dealkylation sites (N-methyl/N-ethyl adjacent to an activating group) is 1. The molecule has 2 aliphatic rings. The lowest BCUT2D eigenvalue weighted by molar-refractivity contribution is 0.106. The second-order valence-electron chi connectivity index (χ2n) is 6.33. The van der Waals surface area contributed by atoms with Gasteiger partial charge in [0.15, 0.2) is 0 Å².